The van der Waals surface area contributed by atoms with E-state index >= 15 is 0 Å². The van der Waals surface area contributed by atoms with Crippen molar-refractivity contribution in [1.29, 1.82) is 0 Å². The molecule has 2 fully saturated rings. The summed E-state index contributed by atoms with van der Waals surface area (Å²) in [5.74, 6) is -0.236. The molecule has 0 radical (unpaired) electrons. The molecule has 1 amide bonds. The number of nitrogens with one attached hydrogen (secondary N) is 1. The van der Waals surface area contributed by atoms with Crippen molar-refractivity contribution in [2.24, 2.45) is 11.3 Å². The number of carbonyl (C=O) groups excluding carboxylic acids is 2. The van der Waals surface area contributed by atoms with E-state index in [1.54, 1.807) is 6.92 Å². The number of carbonyl (C=O) groups is 2. The molecule has 1 N–H and O–H groups in total. The molecule has 14 heavy (non-hydrogen) atoms. The molecule has 0 aromatic carbocycles. The van der Waals surface area contributed by atoms with Gasteiger partial charge in [-0.1, -0.05) is 0 Å². The van der Waals surface area contributed by atoms with Crippen molar-refractivity contribution in [2.45, 2.75) is 19.8 Å². The molecule has 5 heteroatoms. The second kappa shape index (κ2) is 3.77. The molecule has 0 aromatic rings. The summed E-state index contributed by atoms with van der Waals surface area (Å²) in [5.41, 5.74) is -0.797. The second-order valence-corrected chi connectivity index (χ2v) is 3.64. The molecule has 80 valence electrons. The molecule has 1 aliphatic carbocycles. The van der Waals surface area contributed by atoms with E-state index in [1.165, 1.54) is 0 Å². The third kappa shape index (κ3) is 1.38. The third-order valence-corrected chi connectivity index (χ3v) is 2.93. The number of piperidine rings is 1. The van der Waals surface area contributed by atoms with Gasteiger partial charge < -0.3 is 10.1 Å². The molecule has 1 aliphatic heterocycles. The monoisotopic (exact) mass is 219 g/mol. The summed E-state index contributed by atoms with van der Waals surface area (Å²) in [6.07, 6.45) is 1.59. The van der Waals surface area contributed by atoms with E-state index < -0.39 is 5.41 Å². The molecule has 1 saturated carbocycles. The first-order chi connectivity index (χ1) is 6.21. The highest BCUT2D eigenvalue weighted by Gasteiger charge is 2.67. The Morgan fingerprint density at radius 2 is 2.43 bits per heavy atom. The first-order valence-electron chi connectivity index (χ1n) is 4.67. The minimum atomic E-state index is -0.797. The van der Waals surface area contributed by atoms with Gasteiger partial charge in [-0.05, 0) is 25.7 Å². The average Bonchev–Trinajstić information content (AvgIpc) is 2.82. The van der Waals surface area contributed by atoms with Crippen LogP contribution in [0.25, 0.3) is 0 Å². The standard InChI is InChI=1S/C9H13NO3.ClH/c1-2-13-8(12)9-5-6(9)3-4-10-7(9)11;/h6H,2-5H2,1H3,(H,10,11);1H. The fourth-order valence-electron chi connectivity index (χ4n) is 2.08. The van der Waals surface area contributed by atoms with Crippen molar-refractivity contribution in [3.63, 3.8) is 0 Å². The Hall–Kier alpha value is -0.770. The van der Waals surface area contributed by atoms with Crippen LogP contribution >= 0.6 is 12.4 Å². The van der Waals surface area contributed by atoms with Gasteiger partial charge in [0.05, 0.1) is 6.61 Å². The fraction of sp³-hybridized carbons (Fsp3) is 0.778. The Balaban J connectivity index is 0.000000980. The number of hydrogen-bond donors (Lipinski definition) is 1. The van der Waals surface area contributed by atoms with Crippen molar-refractivity contribution >= 4 is 24.3 Å². The van der Waals surface area contributed by atoms with Gasteiger partial charge in [-0.2, -0.15) is 0 Å². The van der Waals surface area contributed by atoms with Crippen LogP contribution in [0.5, 0.6) is 0 Å². The van der Waals surface area contributed by atoms with Crippen molar-refractivity contribution in [1.82, 2.24) is 5.32 Å². The van der Waals surface area contributed by atoms with Crippen LogP contribution in [-0.4, -0.2) is 25.0 Å². The lowest BCUT2D eigenvalue weighted by atomic mass is 9.98. The van der Waals surface area contributed by atoms with Crippen molar-refractivity contribution in [2.75, 3.05) is 13.2 Å². The Morgan fingerprint density at radius 3 is 3.00 bits per heavy atom. The maximum Gasteiger partial charge on any atom is 0.321 e. The van der Waals surface area contributed by atoms with E-state index in [0.717, 1.165) is 6.42 Å². The molecule has 2 rings (SSSR count). The smallest absolute Gasteiger partial charge is 0.321 e. The van der Waals surface area contributed by atoms with Gasteiger partial charge in [0.2, 0.25) is 5.91 Å². The summed E-state index contributed by atoms with van der Waals surface area (Å²) in [6.45, 7) is 2.80. The van der Waals surface area contributed by atoms with E-state index in [9.17, 15) is 9.59 Å². The second-order valence-electron chi connectivity index (χ2n) is 3.64. The van der Waals surface area contributed by atoms with Crippen LogP contribution in [0.2, 0.25) is 0 Å². The first kappa shape index (κ1) is 11.3. The molecular formula is C9H14ClNO3. The number of ether oxygens (including phenoxy) is 1. The highest BCUT2D eigenvalue weighted by Crippen LogP contribution is 2.57. The fourth-order valence-corrected chi connectivity index (χ4v) is 2.08. The maximum atomic E-state index is 11.5. The van der Waals surface area contributed by atoms with Crippen LogP contribution in [0.15, 0.2) is 0 Å². The molecule has 0 bridgehead atoms. The Bertz CT molecular complexity index is 269. The summed E-state index contributed by atoms with van der Waals surface area (Å²) in [4.78, 5) is 23.0. The molecule has 2 unspecified atom stereocenters. The predicted octanol–water partition coefficient (Wildman–Crippen LogP) is 0.497. The molecule has 0 spiro atoms. The quantitative estimate of drug-likeness (QED) is 0.544. The summed E-state index contributed by atoms with van der Waals surface area (Å²) in [6, 6.07) is 0. The first-order valence-corrected chi connectivity index (χ1v) is 4.67. The topological polar surface area (TPSA) is 55.4 Å². The normalized spacial score (nSPS) is 33.5. The zero-order chi connectivity index (χ0) is 9.47. The van der Waals surface area contributed by atoms with Crippen LogP contribution in [0.1, 0.15) is 19.8 Å². The highest BCUT2D eigenvalue weighted by molar-refractivity contribution is 6.06. The van der Waals surface area contributed by atoms with Crippen LogP contribution < -0.4 is 5.32 Å². The van der Waals surface area contributed by atoms with Crippen LogP contribution in [0.3, 0.4) is 0 Å². The number of rotatable bonds is 2. The Morgan fingerprint density at radius 1 is 1.71 bits per heavy atom. The molecular weight excluding hydrogens is 206 g/mol. The Kier molecular flexibility index (Phi) is 3.04. The number of amides is 1. The molecule has 1 saturated heterocycles. The van der Waals surface area contributed by atoms with E-state index in [4.69, 9.17) is 4.74 Å². The maximum absolute atomic E-state index is 11.5. The minimum Gasteiger partial charge on any atom is -0.465 e. The van der Waals surface area contributed by atoms with Crippen LogP contribution in [0, 0.1) is 11.3 Å². The van der Waals surface area contributed by atoms with Gasteiger partial charge >= 0.3 is 5.97 Å². The van der Waals surface area contributed by atoms with E-state index in [1.807, 2.05) is 0 Å². The van der Waals surface area contributed by atoms with E-state index in [2.05, 4.69) is 5.32 Å². The SMILES string of the molecule is CCOC(=O)C12CC1CCNC2=O.Cl. The molecule has 2 aliphatic rings. The predicted molar refractivity (Wildman–Crippen MR) is 52.0 cm³/mol. The summed E-state index contributed by atoms with van der Waals surface area (Å²) in [5, 5.41) is 2.71. The zero-order valence-corrected chi connectivity index (χ0v) is 8.86. The summed E-state index contributed by atoms with van der Waals surface area (Å²) < 4.78 is 4.90. The summed E-state index contributed by atoms with van der Waals surface area (Å²) >= 11 is 0. The van der Waals surface area contributed by atoms with Crippen LogP contribution in [-0.2, 0) is 14.3 Å². The largest absolute Gasteiger partial charge is 0.465 e. The number of halogens is 1. The van der Waals surface area contributed by atoms with E-state index in [-0.39, 0.29) is 30.2 Å². The van der Waals surface area contributed by atoms with Gasteiger partial charge in [0.15, 0.2) is 0 Å². The van der Waals surface area contributed by atoms with Crippen molar-refractivity contribution < 1.29 is 14.3 Å². The third-order valence-electron chi connectivity index (χ3n) is 2.93. The van der Waals surface area contributed by atoms with Gasteiger partial charge in [-0.25, -0.2) is 0 Å². The van der Waals surface area contributed by atoms with Gasteiger partial charge in [-0.3, -0.25) is 9.59 Å². The highest BCUT2D eigenvalue weighted by atomic mass is 35.5. The number of hydrogen-bond acceptors (Lipinski definition) is 3. The lowest BCUT2D eigenvalue weighted by molar-refractivity contribution is -0.155. The Labute approximate surface area is 88.8 Å². The molecule has 4 nitrogen and oxygen atoms in total. The van der Waals surface area contributed by atoms with Crippen molar-refractivity contribution in [3.8, 4) is 0 Å². The lowest BCUT2D eigenvalue weighted by Gasteiger charge is -2.19. The van der Waals surface area contributed by atoms with Crippen LogP contribution in [0.4, 0.5) is 0 Å². The summed E-state index contributed by atoms with van der Waals surface area (Å²) in [7, 11) is 0. The van der Waals surface area contributed by atoms with E-state index in [0.29, 0.717) is 19.6 Å². The zero-order valence-electron chi connectivity index (χ0n) is 8.04. The van der Waals surface area contributed by atoms with Gasteiger partial charge in [0.25, 0.3) is 0 Å². The lowest BCUT2D eigenvalue weighted by Crippen LogP contribution is -2.43. The van der Waals surface area contributed by atoms with Gasteiger partial charge in [0, 0.05) is 6.54 Å². The number of fused-ring (bicyclic) bond motifs is 1. The number of esters is 1. The average molecular weight is 220 g/mol. The molecule has 0 aromatic heterocycles. The van der Waals surface area contributed by atoms with Gasteiger partial charge in [-0.15, -0.1) is 12.4 Å². The van der Waals surface area contributed by atoms with Gasteiger partial charge in [0.1, 0.15) is 5.41 Å². The van der Waals surface area contributed by atoms with Crippen molar-refractivity contribution in [3.05, 3.63) is 0 Å². The molecule has 2 atom stereocenters. The molecule has 1 heterocycles. The minimum absolute atomic E-state index is 0.